The van der Waals surface area contributed by atoms with Gasteiger partial charge >= 0.3 is 0 Å². The molecule has 26 heavy (non-hydrogen) atoms. The highest BCUT2D eigenvalue weighted by atomic mass is 16.5. The molecule has 3 N–H and O–H groups in total. The van der Waals surface area contributed by atoms with Gasteiger partial charge in [-0.3, -0.25) is 10.9 Å². The fraction of sp³-hybridized carbons (Fsp3) is 0.316. The predicted octanol–water partition coefficient (Wildman–Crippen LogP) is 2.57. The molecule has 4 rings (SSSR count). The van der Waals surface area contributed by atoms with E-state index < -0.39 is 0 Å². The number of hydrazine groups is 1. The molecule has 0 aliphatic carbocycles. The summed E-state index contributed by atoms with van der Waals surface area (Å²) >= 11 is 0. The van der Waals surface area contributed by atoms with Crippen molar-refractivity contribution >= 4 is 22.3 Å². The fourth-order valence-electron chi connectivity index (χ4n) is 2.99. The molecular formula is C19H22N6O. The van der Waals surface area contributed by atoms with E-state index in [1.807, 2.05) is 31.2 Å². The maximum absolute atomic E-state index is 6.00. The highest BCUT2D eigenvalue weighted by molar-refractivity contribution is 5.93. The normalized spacial score (nSPS) is 19.6. The Kier molecular flexibility index (Phi) is 4.64. The SMILES string of the molecule is Cc1ncc(Nc2nccc3cc(OCC4CNNC4C)ccc23)cn1. The van der Waals surface area contributed by atoms with E-state index in [4.69, 9.17) is 4.74 Å². The number of hydrogen-bond donors (Lipinski definition) is 3. The first-order valence-corrected chi connectivity index (χ1v) is 8.75. The van der Waals surface area contributed by atoms with Crippen LogP contribution in [-0.2, 0) is 0 Å². The maximum atomic E-state index is 6.00. The second-order valence-electron chi connectivity index (χ2n) is 6.57. The van der Waals surface area contributed by atoms with Crippen LogP contribution in [-0.4, -0.2) is 34.1 Å². The van der Waals surface area contributed by atoms with Crippen LogP contribution < -0.4 is 20.9 Å². The van der Waals surface area contributed by atoms with Gasteiger partial charge in [0.1, 0.15) is 17.4 Å². The molecule has 1 fully saturated rings. The van der Waals surface area contributed by atoms with Gasteiger partial charge in [-0.25, -0.2) is 15.0 Å². The number of anilines is 2. The van der Waals surface area contributed by atoms with E-state index in [1.54, 1.807) is 18.6 Å². The Balaban J connectivity index is 1.52. The molecule has 134 valence electrons. The summed E-state index contributed by atoms with van der Waals surface area (Å²) in [6.45, 7) is 5.63. The van der Waals surface area contributed by atoms with Gasteiger partial charge in [0.25, 0.3) is 0 Å². The number of hydrogen-bond acceptors (Lipinski definition) is 7. The summed E-state index contributed by atoms with van der Waals surface area (Å²) in [6.07, 6.45) is 5.30. The summed E-state index contributed by atoms with van der Waals surface area (Å²) in [7, 11) is 0. The van der Waals surface area contributed by atoms with Gasteiger partial charge in [-0.1, -0.05) is 0 Å². The number of fused-ring (bicyclic) bond motifs is 1. The average Bonchev–Trinajstić information content (AvgIpc) is 3.07. The Bertz CT molecular complexity index is 898. The van der Waals surface area contributed by atoms with Gasteiger partial charge in [-0.05, 0) is 43.5 Å². The second kappa shape index (κ2) is 7.23. The number of nitrogens with zero attached hydrogens (tertiary/aromatic N) is 3. The largest absolute Gasteiger partial charge is 0.493 e. The third-order valence-corrected chi connectivity index (χ3v) is 4.64. The van der Waals surface area contributed by atoms with Gasteiger partial charge in [0.2, 0.25) is 0 Å². The van der Waals surface area contributed by atoms with Crippen LogP contribution >= 0.6 is 0 Å². The minimum absolute atomic E-state index is 0.409. The van der Waals surface area contributed by atoms with Crippen LogP contribution in [0.4, 0.5) is 11.5 Å². The molecule has 0 radical (unpaired) electrons. The molecule has 0 spiro atoms. The first kappa shape index (κ1) is 16.7. The van der Waals surface area contributed by atoms with Crippen LogP contribution in [0.25, 0.3) is 10.8 Å². The van der Waals surface area contributed by atoms with Crippen LogP contribution in [0.2, 0.25) is 0 Å². The van der Waals surface area contributed by atoms with Gasteiger partial charge in [0.05, 0.1) is 24.7 Å². The number of nitrogens with one attached hydrogen (secondary N) is 3. The van der Waals surface area contributed by atoms with E-state index in [-0.39, 0.29) is 0 Å². The third-order valence-electron chi connectivity index (χ3n) is 4.64. The van der Waals surface area contributed by atoms with Crippen molar-refractivity contribution < 1.29 is 4.74 Å². The Morgan fingerprint density at radius 2 is 2.04 bits per heavy atom. The molecule has 7 heteroatoms. The predicted molar refractivity (Wildman–Crippen MR) is 101 cm³/mol. The lowest BCUT2D eigenvalue weighted by Gasteiger charge is -2.15. The molecule has 2 aromatic heterocycles. The van der Waals surface area contributed by atoms with Crippen LogP contribution in [0.3, 0.4) is 0 Å². The summed E-state index contributed by atoms with van der Waals surface area (Å²) < 4.78 is 6.00. The zero-order valence-corrected chi connectivity index (χ0v) is 14.9. The third kappa shape index (κ3) is 3.58. The number of rotatable bonds is 5. The van der Waals surface area contributed by atoms with Crippen molar-refractivity contribution in [3.63, 3.8) is 0 Å². The van der Waals surface area contributed by atoms with Gasteiger partial charge in [0.15, 0.2) is 0 Å². The van der Waals surface area contributed by atoms with Crippen LogP contribution in [0.5, 0.6) is 5.75 Å². The first-order valence-electron chi connectivity index (χ1n) is 8.75. The minimum atomic E-state index is 0.409. The van der Waals surface area contributed by atoms with Gasteiger partial charge in [-0.2, -0.15) is 0 Å². The van der Waals surface area contributed by atoms with Gasteiger partial charge < -0.3 is 10.1 Å². The standard InChI is InChI=1S/C19H22N6O/c1-12-15(8-23-25-12)11-26-17-3-4-18-14(7-17)5-6-20-19(18)24-16-9-21-13(2)22-10-16/h3-7,9-10,12,15,23,25H,8,11H2,1-2H3,(H,20,24). The van der Waals surface area contributed by atoms with Crippen LogP contribution in [0, 0.1) is 12.8 Å². The van der Waals surface area contributed by atoms with E-state index in [0.29, 0.717) is 18.6 Å². The molecule has 1 aliphatic heterocycles. The Labute approximate surface area is 152 Å². The van der Waals surface area contributed by atoms with Crippen molar-refractivity contribution in [1.82, 2.24) is 25.8 Å². The Hall–Kier alpha value is -2.77. The maximum Gasteiger partial charge on any atom is 0.138 e. The minimum Gasteiger partial charge on any atom is -0.493 e. The molecule has 2 unspecified atom stereocenters. The van der Waals surface area contributed by atoms with Crippen molar-refractivity contribution in [3.8, 4) is 5.75 Å². The molecular weight excluding hydrogens is 328 g/mol. The first-order chi connectivity index (χ1) is 12.7. The molecule has 0 saturated carbocycles. The van der Waals surface area contributed by atoms with Crippen molar-refractivity contribution in [2.24, 2.45) is 5.92 Å². The summed E-state index contributed by atoms with van der Waals surface area (Å²) in [5, 5.41) is 5.38. The molecule has 0 bridgehead atoms. The molecule has 7 nitrogen and oxygen atoms in total. The van der Waals surface area contributed by atoms with Crippen molar-refractivity contribution in [3.05, 3.63) is 48.7 Å². The number of pyridine rings is 1. The summed E-state index contributed by atoms with van der Waals surface area (Å²) in [5.41, 5.74) is 7.19. The van der Waals surface area contributed by atoms with Crippen molar-refractivity contribution in [2.45, 2.75) is 19.9 Å². The number of ether oxygens (including phenoxy) is 1. The summed E-state index contributed by atoms with van der Waals surface area (Å²) in [5.74, 6) is 2.85. The van der Waals surface area contributed by atoms with E-state index in [0.717, 1.165) is 40.4 Å². The molecule has 2 atom stereocenters. The van der Waals surface area contributed by atoms with E-state index in [2.05, 4.69) is 38.0 Å². The highest BCUT2D eigenvalue weighted by Gasteiger charge is 2.23. The lowest BCUT2D eigenvalue weighted by atomic mass is 10.1. The molecule has 1 aromatic carbocycles. The fourth-order valence-corrected chi connectivity index (χ4v) is 2.99. The molecule has 1 aliphatic rings. The van der Waals surface area contributed by atoms with Crippen molar-refractivity contribution in [1.29, 1.82) is 0 Å². The molecule has 1 saturated heterocycles. The van der Waals surface area contributed by atoms with E-state index >= 15 is 0 Å². The Morgan fingerprint density at radius 3 is 2.81 bits per heavy atom. The van der Waals surface area contributed by atoms with Gasteiger partial charge in [0, 0.05) is 30.1 Å². The second-order valence-corrected chi connectivity index (χ2v) is 6.57. The topological polar surface area (TPSA) is 84.0 Å². The molecule has 3 heterocycles. The van der Waals surface area contributed by atoms with Crippen LogP contribution in [0.15, 0.2) is 42.9 Å². The Morgan fingerprint density at radius 1 is 1.19 bits per heavy atom. The lowest BCUT2D eigenvalue weighted by Crippen LogP contribution is -2.30. The van der Waals surface area contributed by atoms with Crippen LogP contribution in [0.1, 0.15) is 12.7 Å². The quantitative estimate of drug-likeness (QED) is 0.652. The average molecular weight is 350 g/mol. The van der Waals surface area contributed by atoms with E-state index in [1.165, 1.54) is 0 Å². The van der Waals surface area contributed by atoms with Gasteiger partial charge in [-0.15, -0.1) is 0 Å². The van der Waals surface area contributed by atoms with Crippen molar-refractivity contribution in [2.75, 3.05) is 18.5 Å². The smallest absolute Gasteiger partial charge is 0.138 e. The number of aromatic nitrogens is 3. The summed E-state index contributed by atoms with van der Waals surface area (Å²) in [4.78, 5) is 12.9. The number of aryl methyl sites for hydroxylation is 1. The summed E-state index contributed by atoms with van der Waals surface area (Å²) in [6, 6.07) is 8.46. The zero-order valence-electron chi connectivity index (χ0n) is 14.9. The lowest BCUT2D eigenvalue weighted by molar-refractivity contribution is 0.247. The molecule has 0 amide bonds. The zero-order chi connectivity index (χ0) is 17.9. The van der Waals surface area contributed by atoms with E-state index in [9.17, 15) is 0 Å². The monoisotopic (exact) mass is 350 g/mol. The number of benzene rings is 1. The molecule has 3 aromatic rings. The highest BCUT2D eigenvalue weighted by Crippen LogP contribution is 2.27.